The summed E-state index contributed by atoms with van der Waals surface area (Å²) >= 11 is 9.77. The van der Waals surface area contributed by atoms with Crippen LogP contribution in [0.4, 0.5) is 37.7 Å². The van der Waals surface area contributed by atoms with Crippen molar-refractivity contribution in [3.8, 4) is 0 Å². The summed E-state index contributed by atoms with van der Waals surface area (Å²) < 4.78 is 81.3. The van der Waals surface area contributed by atoms with Crippen molar-refractivity contribution in [3.05, 3.63) is 59.2 Å². The van der Waals surface area contributed by atoms with Gasteiger partial charge in [0, 0.05) is 22.5 Å². The Morgan fingerprint density at radius 3 is 1.34 bits per heavy atom. The Kier molecular flexibility index (Phi) is 8.57. The molecule has 0 saturated carbocycles. The van der Waals surface area contributed by atoms with Crippen molar-refractivity contribution in [2.45, 2.75) is 61.9 Å². The molecule has 0 aromatic heterocycles. The highest BCUT2D eigenvalue weighted by Crippen LogP contribution is 2.39. The number of halogens is 6. The molecule has 0 amide bonds. The normalized spacial score (nSPS) is 31.1. The molecule has 4 atom stereocenters. The van der Waals surface area contributed by atoms with Crippen molar-refractivity contribution in [3.63, 3.8) is 0 Å². The van der Waals surface area contributed by atoms with Gasteiger partial charge in [0.15, 0.2) is 11.3 Å². The molecule has 2 aromatic rings. The number of nitrogens with two attached hydrogens (primary N) is 2. The van der Waals surface area contributed by atoms with Crippen LogP contribution in [0.25, 0.3) is 0 Å². The van der Waals surface area contributed by atoms with Gasteiger partial charge in [0.2, 0.25) is 0 Å². The van der Waals surface area contributed by atoms with E-state index in [2.05, 4.69) is 10.6 Å². The standard InChI is InChI=1S/2C13H15F3N2S/c2*1-12(9-6-8(17)2-3-10(9)15)4-5-13(16,7-14)11(19)18-12/h2*2-3,6H,4-5,7,17H2,1H3,(H,18,19)/t12-,13+;12-,13-/m00/s1. The Hall–Kier alpha value is -2.60. The predicted octanol–water partition coefficient (Wildman–Crippen LogP) is 6.02. The van der Waals surface area contributed by atoms with Crippen molar-refractivity contribution < 1.29 is 26.3 Å². The van der Waals surface area contributed by atoms with Crippen molar-refractivity contribution >= 4 is 45.8 Å². The predicted molar refractivity (Wildman–Crippen MR) is 146 cm³/mol. The van der Waals surface area contributed by atoms with Crippen LogP contribution in [0.1, 0.15) is 50.7 Å². The second-order valence-corrected chi connectivity index (χ2v) is 11.1. The lowest BCUT2D eigenvalue weighted by Crippen LogP contribution is -2.57. The molecular formula is C26H30F6N4S2. The molecule has 2 fully saturated rings. The largest absolute Gasteiger partial charge is 0.399 e. The highest BCUT2D eigenvalue weighted by molar-refractivity contribution is 7.80. The van der Waals surface area contributed by atoms with Gasteiger partial charge in [-0.3, -0.25) is 0 Å². The highest BCUT2D eigenvalue weighted by atomic mass is 32.1. The van der Waals surface area contributed by atoms with E-state index >= 15 is 0 Å². The summed E-state index contributed by atoms with van der Waals surface area (Å²) in [7, 11) is 0. The molecule has 0 unspecified atom stereocenters. The van der Waals surface area contributed by atoms with Crippen LogP contribution in [-0.4, -0.2) is 34.7 Å². The summed E-state index contributed by atoms with van der Waals surface area (Å²) in [6, 6.07) is 8.39. The maximum Gasteiger partial charge on any atom is 0.188 e. The van der Waals surface area contributed by atoms with Crippen LogP contribution in [0.15, 0.2) is 36.4 Å². The first-order valence-electron chi connectivity index (χ1n) is 11.9. The quantitative estimate of drug-likeness (QED) is 0.203. The van der Waals surface area contributed by atoms with Crippen molar-refractivity contribution in [1.82, 2.24) is 10.6 Å². The third kappa shape index (κ3) is 5.85. The van der Waals surface area contributed by atoms with Gasteiger partial charge in [0.1, 0.15) is 35.0 Å². The number of benzene rings is 2. The fourth-order valence-corrected chi connectivity index (χ4v) is 5.33. The van der Waals surface area contributed by atoms with Gasteiger partial charge >= 0.3 is 0 Å². The van der Waals surface area contributed by atoms with Gasteiger partial charge in [0.05, 0.1) is 11.1 Å². The molecule has 208 valence electrons. The van der Waals surface area contributed by atoms with Crippen molar-refractivity contribution in [2.75, 3.05) is 24.8 Å². The fraction of sp³-hybridized carbons (Fsp3) is 0.462. The first-order chi connectivity index (χ1) is 17.6. The minimum Gasteiger partial charge on any atom is -0.399 e. The van der Waals surface area contributed by atoms with Crippen LogP contribution >= 0.6 is 24.4 Å². The topological polar surface area (TPSA) is 76.1 Å². The maximum absolute atomic E-state index is 14.0. The van der Waals surface area contributed by atoms with Gasteiger partial charge in [-0.05, 0) is 75.9 Å². The highest BCUT2D eigenvalue weighted by Gasteiger charge is 2.47. The van der Waals surface area contributed by atoms with Gasteiger partial charge in [-0.1, -0.05) is 24.4 Å². The Morgan fingerprint density at radius 2 is 1.05 bits per heavy atom. The van der Waals surface area contributed by atoms with Crippen molar-refractivity contribution in [2.24, 2.45) is 0 Å². The summed E-state index contributed by atoms with van der Waals surface area (Å²) in [5, 5.41) is 5.48. The molecule has 0 radical (unpaired) electrons. The summed E-state index contributed by atoms with van der Waals surface area (Å²) in [6.07, 6.45) is 0.294. The minimum atomic E-state index is -2.15. The van der Waals surface area contributed by atoms with E-state index in [1.165, 1.54) is 36.4 Å². The smallest absolute Gasteiger partial charge is 0.188 e. The van der Waals surface area contributed by atoms with Crippen LogP contribution in [0.3, 0.4) is 0 Å². The third-order valence-corrected chi connectivity index (χ3v) is 8.16. The number of anilines is 2. The molecule has 2 saturated heterocycles. The molecule has 12 heteroatoms. The van der Waals surface area contributed by atoms with Gasteiger partial charge in [-0.2, -0.15) is 0 Å². The molecule has 0 spiro atoms. The molecule has 4 rings (SSSR count). The molecule has 0 bridgehead atoms. The van der Waals surface area contributed by atoms with E-state index in [1.807, 2.05) is 0 Å². The van der Waals surface area contributed by atoms with Crippen LogP contribution in [0.2, 0.25) is 0 Å². The zero-order chi connectivity index (χ0) is 28.5. The van der Waals surface area contributed by atoms with E-state index in [-0.39, 0.29) is 35.7 Å². The van der Waals surface area contributed by atoms with Crippen LogP contribution in [0, 0.1) is 11.6 Å². The average molecular weight is 577 g/mol. The Morgan fingerprint density at radius 1 is 0.711 bits per heavy atom. The molecule has 2 aromatic carbocycles. The van der Waals surface area contributed by atoms with E-state index in [0.29, 0.717) is 22.5 Å². The number of thiocarbonyl (C=S) groups is 2. The van der Waals surface area contributed by atoms with Gasteiger partial charge in [0.25, 0.3) is 0 Å². The molecule has 0 aliphatic carbocycles. The Labute approximate surface area is 228 Å². The maximum atomic E-state index is 14.0. The number of hydrogen-bond donors (Lipinski definition) is 4. The van der Waals surface area contributed by atoms with Crippen LogP contribution < -0.4 is 22.1 Å². The van der Waals surface area contributed by atoms with Crippen LogP contribution in [0.5, 0.6) is 0 Å². The summed E-state index contributed by atoms with van der Waals surface area (Å²) in [6.45, 7) is 1.06. The molecule has 6 N–H and O–H groups in total. The summed E-state index contributed by atoms with van der Waals surface area (Å²) in [5.41, 5.74) is 6.70. The molecular weight excluding hydrogens is 546 g/mol. The lowest BCUT2D eigenvalue weighted by atomic mass is 9.79. The van der Waals surface area contributed by atoms with Crippen molar-refractivity contribution in [1.29, 1.82) is 0 Å². The third-order valence-electron chi connectivity index (χ3n) is 7.23. The first-order valence-corrected chi connectivity index (χ1v) is 12.7. The first kappa shape index (κ1) is 29.9. The van der Waals surface area contributed by atoms with Gasteiger partial charge < -0.3 is 22.1 Å². The fourth-order valence-electron chi connectivity index (χ4n) is 4.56. The zero-order valence-corrected chi connectivity index (χ0v) is 22.6. The van der Waals surface area contributed by atoms with E-state index in [4.69, 9.17) is 35.9 Å². The lowest BCUT2D eigenvalue weighted by molar-refractivity contribution is 0.139. The van der Waals surface area contributed by atoms with E-state index in [9.17, 15) is 26.3 Å². The number of nitrogens with one attached hydrogen (secondary N) is 2. The minimum absolute atomic E-state index is 0.0833. The van der Waals surface area contributed by atoms with Gasteiger partial charge in [-0.15, -0.1) is 0 Å². The monoisotopic (exact) mass is 576 g/mol. The number of nitrogen functional groups attached to an aromatic ring is 2. The second-order valence-electron chi connectivity index (χ2n) is 10.2. The summed E-state index contributed by atoms with van der Waals surface area (Å²) in [4.78, 5) is -0.434. The zero-order valence-electron chi connectivity index (χ0n) is 20.9. The lowest BCUT2D eigenvalue weighted by Gasteiger charge is -2.42. The molecule has 2 aliphatic rings. The average Bonchev–Trinajstić information content (AvgIpc) is 2.87. The second kappa shape index (κ2) is 10.9. The molecule has 38 heavy (non-hydrogen) atoms. The molecule has 2 heterocycles. The SMILES string of the molecule is C[C@@]1(c2cc(N)ccc2F)CC[C@@](F)(CF)C(=S)N1.C[C@@]1(c2cc(N)ccc2F)CC[C@](F)(CF)C(=S)N1. The number of rotatable bonds is 4. The molecule has 2 aliphatic heterocycles. The van der Waals surface area contributed by atoms with Crippen LogP contribution in [-0.2, 0) is 11.1 Å². The Balaban J connectivity index is 0.000000211. The van der Waals surface area contributed by atoms with E-state index in [1.54, 1.807) is 13.8 Å². The Bertz CT molecular complexity index is 1140. The number of piperidine rings is 2. The summed E-state index contributed by atoms with van der Waals surface area (Å²) in [5.74, 6) is -0.891. The number of alkyl halides is 4. The number of hydrogen-bond acceptors (Lipinski definition) is 4. The molecule has 4 nitrogen and oxygen atoms in total. The van der Waals surface area contributed by atoms with E-state index in [0.717, 1.165) is 0 Å². The van der Waals surface area contributed by atoms with E-state index < -0.39 is 47.4 Å². The van der Waals surface area contributed by atoms with Gasteiger partial charge in [-0.25, -0.2) is 26.3 Å².